The van der Waals surface area contributed by atoms with Crippen molar-refractivity contribution >= 4 is 11.9 Å². The van der Waals surface area contributed by atoms with Crippen LogP contribution in [0.25, 0.3) is 0 Å². The number of ketones is 1. The van der Waals surface area contributed by atoms with Crippen molar-refractivity contribution in [2.45, 2.75) is 39.3 Å². The quantitative estimate of drug-likeness (QED) is 0.814. The summed E-state index contributed by atoms with van der Waals surface area (Å²) in [5.74, 6) is -0.436. The molecule has 1 atom stereocenters. The maximum Gasteiger partial charge on any atom is 0.408 e. The number of carbonyl (C=O) groups excluding carboxylic acids is 2. The molecule has 1 heterocycles. The van der Waals surface area contributed by atoms with Gasteiger partial charge in [-0.1, -0.05) is 0 Å². The summed E-state index contributed by atoms with van der Waals surface area (Å²) in [6.07, 6.45) is 2.02. The molecule has 0 aliphatic rings. The van der Waals surface area contributed by atoms with Crippen LogP contribution in [0.2, 0.25) is 0 Å². The summed E-state index contributed by atoms with van der Waals surface area (Å²) in [6.45, 7) is 6.77. The molecule has 17 heavy (non-hydrogen) atoms. The van der Waals surface area contributed by atoms with Crippen molar-refractivity contribution in [1.29, 1.82) is 0 Å². The molecule has 1 amide bonds. The third-order valence-electron chi connectivity index (χ3n) is 1.77. The monoisotopic (exact) mass is 240 g/mol. The minimum Gasteiger partial charge on any atom is -0.444 e. The van der Waals surface area contributed by atoms with E-state index in [1.807, 2.05) is 0 Å². The maximum absolute atomic E-state index is 11.7. The summed E-state index contributed by atoms with van der Waals surface area (Å²) in [4.78, 5) is 26.8. The molecule has 0 spiro atoms. The highest BCUT2D eigenvalue weighted by Crippen LogP contribution is 2.07. The Morgan fingerprint density at radius 1 is 1.47 bits per heavy atom. The molecule has 1 rings (SSSR count). The van der Waals surface area contributed by atoms with Crippen molar-refractivity contribution < 1.29 is 18.7 Å². The van der Waals surface area contributed by atoms with Crippen LogP contribution in [-0.4, -0.2) is 28.5 Å². The molecule has 1 aromatic rings. The number of Topliss-reactive ketones (excluding diaryl/α,β-unsaturated/α-hetero) is 1. The van der Waals surface area contributed by atoms with E-state index in [1.165, 1.54) is 19.4 Å². The van der Waals surface area contributed by atoms with Gasteiger partial charge in [0, 0.05) is 0 Å². The molecule has 0 saturated carbocycles. The predicted molar refractivity (Wildman–Crippen MR) is 59.7 cm³/mol. The van der Waals surface area contributed by atoms with Gasteiger partial charge in [0.2, 0.25) is 5.78 Å². The van der Waals surface area contributed by atoms with Crippen LogP contribution < -0.4 is 5.32 Å². The van der Waals surface area contributed by atoms with Crippen LogP contribution >= 0.6 is 0 Å². The van der Waals surface area contributed by atoms with E-state index in [1.54, 1.807) is 20.8 Å². The van der Waals surface area contributed by atoms with E-state index in [-0.39, 0.29) is 5.89 Å². The molecule has 6 nitrogen and oxygen atoms in total. The second kappa shape index (κ2) is 4.99. The van der Waals surface area contributed by atoms with Crippen LogP contribution in [0.5, 0.6) is 0 Å². The van der Waals surface area contributed by atoms with Gasteiger partial charge in [-0.05, 0) is 27.7 Å². The molecule has 94 valence electrons. The van der Waals surface area contributed by atoms with Gasteiger partial charge in [0.1, 0.15) is 11.9 Å². The largest absolute Gasteiger partial charge is 0.444 e. The smallest absolute Gasteiger partial charge is 0.408 e. The molecule has 0 saturated heterocycles. The third kappa shape index (κ3) is 4.26. The van der Waals surface area contributed by atoms with E-state index in [0.29, 0.717) is 0 Å². The Balaban J connectivity index is 2.52. The van der Waals surface area contributed by atoms with Crippen molar-refractivity contribution in [3.05, 3.63) is 18.4 Å². The Morgan fingerprint density at radius 2 is 2.12 bits per heavy atom. The molecule has 0 radical (unpaired) electrons. The number of aromatic nitrogens is 1. The van der Waals surface area contributed by atoms with Crippen LogP contribution in [0.4, 0.5) is 4.79 Å². The van der Waals surface area contributed by atoms with Gasteiger partial charge in [-0.2, -0.15) is 0 Å². The highest BCUT2D eigenvalue weighted by Gasteiger charge is 2.23. The van der Waals surface area contributed by atoms with Gasteiger partial charge in [-0.3, -0.25) is 4.79 Å². The van der Waals surface area contributed by atoms with E-state index < -0.39 is 23.5 Å². The lowest BCUT2D eigenvalue weighted by atomic mass is 10.2. The van der Waals surface area contributed by atoms with Crippen LogP contribution in [0, 0.1) is 0 Å². The average molecular weight is 240 g/mol. The Bertz CT molecular complexity index is 392. The van der Waals surface area contributed by atoms with Gasteiger partial charge in [0.05, 0.1) is 12.2 Å². The van der Waals surface area contributed by atoms with Crippen LogP contribution in [0.1, 0.15) is 38.4 Å². The van der Waals surface area contributed by atoms with Crippen LogP contribution in [0.15, 0.2) is 16.9 Å². The van der Waals surface area contributed by atoms with Crippen LogP contribution in [0.3, 0.4) is 0 Å². The fourth-order valence-electron chi connectivity index (χ4n) is 1.08. The number of alkyl carbamates (subject to hydrolysis) is 1. The van der Waals surface area contributed by atoms with Crippen molar-refractivity contribution in [1.82, 2.24) is 10.3 Å². The minimum absolute atomic E-state index is 0.0337. The lowest BCUT2D eigenvalue weighted by Gasteiger charge is -2.21. The first-order valence-electron chi connectivity index (χ1n) is 5.23. The fourth-order valence-corrected chi connectivity index (χ4v) is 1.08. The number of hydrogen-bond acceptors (Lipinski definition) is 5. The Kier molecular flexibility index (Phi) is 3.88. The van der Waals surface area contributed by atoms with E-state index in [2.05, 4.69) is 10.3 Å². The molecule has 0 bridgehead atoms. The zero-order valence-electron chi connectivity index (χ0n) is 10.3. The summed E-state index contributed by atoms with van der Waals surface area (Å²) in [5.41, 5.74) is -0.601. The zero-order valence-corrected chi connectivity index (χ0v) is 10.3. The van der Waals surface area contributed by atoms with Gasteiger partial charge in [-0.25, -0.2) is 9.78 Å². The number of hydrogen-bond donors (Lipinski definition) is 1. The lowest BCUT2D eigenvalue weighted by Crippen LogP contribution is -2.41. The molecule has 1 N–H and O–H groups in total. The molecular formula is C11H16N2O4. The number of oxazole rings is 1. The van der Waals surface area contributed by atoms with E-state index in [9.17, 15) is 9.59 Å². The van der Waals surface area contributed by atoms with Gasteiger partial charge in [0.25, 0.3) is 5.89 Å². The van der Waals surface area contributed by atoms with Crippen molar-refractivity contribution in [3.63, 3.8) is 0 Å². The second-order valence-corrected chi connectivity index (χ2v) is 4.57. The van der Waals surface area contributed by atoms with Crippen molar-refractivity contribution in [2.75, 3.05) is 0 Å². The minimum atomic E-state index is -0.747. The molecule has 0 aliphatic heterocycles. The standard InChI is InChI=1S/C11H16N2O4/c1-7(8(14)9-12-5-6-16-9)13-10(15)17-11(2,3)4/h5-7H,1-4H3,(H,13,15)/t7-/m0/s1. The number of carbonyl (C=O) groups is 2. The van der Waals surface area contributed by atoms with Crippen molar-refractivity contribution in [3.8, 4) is 0 Å². The number of nitrogens with zero attached hydrogens (tertiary/aromatic N) is 1. The van der Waals surface area contributed by atoms with E-state index >= 15 is 0 Å². The second-order valence-electron chi connectivity index (χ2n) is 4.57. The van der Waals surface area contributed by atoms with E-state index in [0.717, 1.165) is 0 Å². The third-order valence-corrected chi connectivity index (χ3v) is 1.77. The Labute approximate surface area is 99.4 Å². The summed E-state index contributed by atoms with van der Waals surface area (Å²) < 4.78 is 9.87. The molecular weight excluding hydrogens is 224 g/mol. The number of nitrogens with one attached hydrogen (secondary N) is 1. The summed E-state index contributed by atoms with van der Waals surface area (Å²) in [7, 11) is 0. The first kappa shape index (κ1) is 13.2. The highest BCUT2D eigenvalue weighted by molar-refractivity contribution is 5.97. The summed E-state index contributed by atoms with van der Waals surface area (Å²) >= 11 is 0. The maximum atomic E-state index is 11.7. The van der Waals surface area contributed by atoms with Gasteiger partial charge in [-0.15, -0.1) is 0 Å². The SMILES string of the molecule is C[C@H](NC(=O)OC(C)(C)C)C(=O)c1ncco1. The fraction of sp³-hybridized carbons (Fsp3) is 0.545. The lowest BCUT2D eigenvalue weighted by molar-refractivity contribution is 0.0494. The molecule has 1 aromatic heterocycles. The highest BCUT2D eigenvalue weighted by atomic mass is 16.6. The Hall–Kier alpha value is -1.85. The number of rotatable bonds is 3. The first-order chi connectivity index (χ1) is 7.79. The predicted octanol–water partition coefficient (Wildman–Crippen LogP) is 1.77. The number of ether oxygens (including phenoxy) is 1. The topological polar surface area (TPSA) is 81.4 Å². The van der Waals surface area contributed by atoms with Crippen LogP contribution in [-0.2, 0) is 4.74 Å². The number of amides is 1. The first-order valence-corrected chi connectivity index (χ1v) is 5.23. The Morgan fingerprint density at radius 3 is 2.59 bits per heavy atom. The van der Waals surface area contributed by atoms with Gasteiger partial charge >= 0.3 is 6.09 Å². The molecule has 0 fully saturated rings. The van der Waals surface area contributed by atoms with Gasteiger partial charge in [0.15, 0.2) is 0 Å². The molecule has 6 heteroatoms. The molecule has 0 aromatic carbocycles. The van der Waals surface area contributed by atoms with E-state index in [4.69, 9.17) is 9.15 Å². The zero-order chi connectivity index (χ0) is 13.1. The average Bonchev–Trinajstić information content (AvgIpc) is 2.65. The van der Waals surface area contributed by atoms with Gasteiger partial charge < -0.3 is 14.5 Å². The summed E-state index contributed by atoms with van der Waals surface area (Å²) in [6, 6.07) is -0.747. The molecule has 0 unspecified atom stereocenters. The normalized spacial score (nSPS) is 12.9. The van der Waals surface area contributed by atoms with Crippen molar-refractivity contribution in [2.24, 2.45) is 0 Å². The summed E-state index contributed by atoms with van der Waals surface area (Å²) in [5, 5.41) is 2.41. The molecule has 0 aliphatic carbocycles.